The summed E-state index contributed by atoms with van der Waals surface area (Å²) < 4.78 is 0. The Kier molecular flexibility index (Phi) is 5.05. The van der Waals surface area contributed by atoms with E-state index < -0.39 is 0 Å². The van der Waals surface area contributed by atoms with Crippen LogP contribution in [0.4, 0.5) is 0 Å². The van der Waals surface area contributed by atoms with E-state index in [0.29, 0.717) is 17.9 Å². The molecular formula is C14H26N4O. The highest BCUT2D eigenvalue weighted by Crippen LogP contribution is 2.18. The summed E-state index contributed by atoms with van der Waals surface area (Å²) in [6.45, 7) is 4.10. The monoisotopic (exact) mass is 266 g/mol. The van der Waals surface area contributed by atoms with Crippen LogP contribution in [-0.2, 0) is 4.79 Å². The third kappa shape index (κ3) is 4.40. The molecule has 1 amide bonds. The molecule has 1 saturated heterocycles. The molecule has 0 bridgehead atoms. The van der Waals surface area contributed by atoms with Crippen molar-refractivity contribution in [3.8, 4) is 0 Å². The Morgan fingerprint density at radius 1 is 1.32 bits per heavy atom. The van der Waals surface area contributed by atoms with Gasteiger partial charge in [-0.1, -0.05) is 12.8 Å². The van der Waals surface area contributed by atoms with Crippen LogP contribution in [0.1, 0.15) is 45.4 Å². The molecule has 1 aliphatic heterocycles. The number of likely N-dealkylation sites (tertiary alicyclic amines) is 1. The van der Waals surface area contributed by atoms with Gasteiger partial charge >= 0.3 is 0 Å². The standard InChI is InChI=1S/C14H26N4O/c1-11(19)18-8-4-5-12(10-18)9-16-14(15)17-13-6-2-3-7-13/h12-13H,2-10H2,1H3,(H3,15,16,17). The number of rotatable bonds is 3. The van der Waals surface area contributed by atoms with Gasteiger partial charge in [0.2, 0.25) is 5.91 Å². The number of guanidine groups is 1. The van der Waals surface area contributed by atoms with Crippen LogP contribution in [0.2, 0.25) is 0 Å². The van der Waals surface area contributed by atoms with Gasteiger partial charge in [0, 0.05) is 32.6 Å². The van der Waals surface area contributed by atoms with Crippen molar-refractivity contribution in [2.45, 2.75) is 51.5 Å². The van der Waals surface area contributed by atoms with Gasteiger partial charge in [-0.15, -0.1) is 0 Å². The van der Waals surface area contributed by atoms with Crippen molar-refractivity contribution in [3.05, 3.63) is 0 Å². The van der Waals surface area contributed by atoms with Crippen LogP contribution in [0.5, 0.6) is 0 Å². The van der Waals surface area contributed by atoms with Crippen LogP contribution in [0.3, 0.4) is 0 Å². The molecule has 3 N–H and O–H groups in total. The molecule has 108 valence electrons. The number of aliphatic imine (C=N–C) groups is 1. The maximum absolute atomic E-state index is 11.4. The average Bonchev–Trinajstić information content (AvgIpc) is 2.89. The van der Waals surface area contributed by atoms with Crippen molar-refractivity contribution < 1.29 is 4.79 Å². The van der Waals surface area contributed by atoms with Crippen LogP contribution in [0.15, 0.2) is 4.99 Å². The van der Waals surface area contributed by atoms with Crippen LogP contribution in [0, 0.1) is 5.92 Å². The molecule has 0 radical (unpaired) electrons. The molecule has 1 saturated carbocycles. The highest BCUT2D eigenvalue weighted by atomic mass is 16.2. The fraction of sp³-hybridized carbons (Fsp3) is 0.857. The Morgan fingerprint density at radius 3 is 2.74 bits per heavy atom. The van der Waals surface area contributed by atoms with Crippen molar-refractivity contribution in [2.24, 2.45) is 16.6 Å². The predicted molar refractivity (Wildman–Crippen MR) is 76.9 cm³/mol. The van der Waals surface area contributed by atoms with Gasteiger partial charge < -0.3 is 16.0 Å². The van der Waals surface area contributed by atoms with Crippen LogP contribution in [0.25, 0.3) is 0 Å². The van der Waals surface area contributed by atoms with E-state index in [-0.39, 0.29) is 5.91 Å². The minimum Gasteiger partial charge on any atom is -0.370 e. The molecule has 0 aromatic rings. The lowest BCUT2D eigenvalue weighted by atomic mass is 9.98. The average molecular weight is 266 g/mol. The molecule has 2 rings (SSSR count). The highest BCUT2D eigenvalue weighted by molar-refractivity contribution is 5.78. The molecule has 2 aliphatic rings. The van der Waals surface area contributed by atoms with Crippen molar-refractivity contribution in [1.82, 2.24) is 10.2 Å². The highest BCUT2D eigenvalue weighted by Gasteiger charge is 2.21. The minimum absolute atomic E-state index is 0.172. The number of hydrogen-bond donors (Lipinski definition) is 2. The molecule has 5 heteroatoms. The van der Waals surface area contributed by atoms with E-state index in [0.717, 1.165) is 32.5 Å². The van der Waals surface area contributed by atoms with E-state index in [9.17, 15) is 4.79 Å². The van der Waals surface area contributed by atoms with Gasteiger partial charge in [0.25, 0.3) is 0 Å². The van der Waals surface area contributed by atoms with Crippen molar-refractivity contribution in [1.29, 1.82) is 0 Å². The largest absolute Gasteiger partial charge is 0.370 e. The lowest BCUT2D eigenvalue weighted by Gasteiger charge is -2.31. The van der Waals surface area contributed by atoms with E-state index in [1.807, 2.05) is 4.90 Å². The zero-order valence-electron chi connectivity index (χ0n) is 11.9. The SMILES string of the molecule is CC(=O)N1CCCC(CN=C(N)NC2CCCC2)C1. The second-order valence-corrected chi connectivity index (χ2v) is 5.82. The molecule has 1 atom stereocenters. The van der Waals surface area contributed by atoms with Crippen LogP contribution < -0.4 is 11.1 Å². The molecule has 1 unspecified atom stereocenters. The van der Waals surface area contributed by atoms with E-state index in [1.54, 1.807) is 6.92 Å². The summed E-state index contributed by atoms with van der Waals surface area (Å²) in [5.74, 6) is 1.21. The zero-order chi connectivity index (χ0) is 13.7. The third-order valence-corrected chi connectivity index (χ3v) is 4.19. The third-order valence-electron chi connectivity index (χ3n) is 4.19. The number of carbonyl (C=O) groups is 1. The van der Waals surface area contributed by atoms with Gasteiger partial charge in [-0.2, -0.15) is 0 Å². The predicted octanol–water partition coefficient (Wildman–Crippen LogP) is 1.09. The number of piperidine rings is 1. The fourth-order valence-corrected chi connectivity index (χ4v) is 3.05. The topological polar surface area (TPSA) is 70.7 Å². The fourth-order valence-electron chi connectivity index (χ4n) is 3.05. The summed E-state index contributed by atoms with van der Waals surface area (Å²) in [4.78, 5) is 17.7. The summed E-state index contributed by atoms with van der Waals surface area (Å²) in [6.07, 6.45) is 7.22. The molecule has 5 nitrogen and oxygen atoms in total. The summed E-state index contributed by atoms with van der Waals surface area (Å²) in [7, 11) is 0. The lowest BCUT2D eigenvalue weighted by Crippen LogP contribution is -2.41. The molecule has 19 heavy (non-hydrogen) atoms. The smallest absolute Gasteiger partial charge is 0.219 e. The summed E-state index contributed by atoms with van der Waals surface area (Å²) in [5.41, 5.74) is 5.92. The van der Waals surface area contributed by atoms with Gasteiger partial charge in [0.05, 0.1) is 0 Å². The van der Waals surface area contributed by atoms with E-state index >= 15 is 0 Å². The molecule has 0 aromatic carbocycles. The van der Waals surface area contributed by atoms with Gasteiger partial charge in [0.15, 0.2) is 5.96 Å². The normalized spacial score (nSPS) is 25.6. The number of amides is 1. The Hall–Kier alpha value is -1.26. The Bertz CT molecular complexity index is 336. The first kappa shape index (κ1) is 14.2. The molecule has 2 fully saturated rings. The lowest BCUT2D eigenvalue weighted by molar-refractivity contribution is -0.130. The molecule has 0 spiro atoms. The van der Waals surface area contributed by atoms with Crippen LogP contribution in [-0.4, -0.2) is 42.4 Å². The number of nitrogens with one attached hydrogen (secondary N) is 1. The van der Waals surface area contributed by atoms with E-state index in [2.05, 4.69) is 10.3 Å². The first-order valence-electron chi connectivity index (χ1n) is 7.47. The van der Waals surface area contributed by atoms with Gasteiger partial charge in [-0.3, -0.25) is 9.79 Å². The van der Waals surface area contributed by atoms with Crippen molar-refractivity contribution in [2.75, 3.05) is 19.6 Å². The maximum Gasteiger partial charge on any atom is 0.219 e. The second kappa shape index (κ2) is 6.78. The number of nitrogens with zero attached hydrogens (tertiary/aromatic N) is 2. The van der Waals surface area contributed by atoms with E-state index in [4.69, 9.17) is 5.73 Å². The Labute approximate surface area is 115 Å². The van der Waals surface area contributed by atoms with E-state index in [1.165, 1.54) is 25.7 Å². The number of hydrogen-bond acceptors (Lipinski definition) is 2. The van der Waals surface area contributed by atoms with Crippen LogP contribution >= 0.6 is 0 Å². The van der Waals surface area contributed by atoms with Gasteiger partial charge in [-0.05, 0) is 31.6 Å². The quantitative estimate of drug-likeness (QED) is 0.593. The first-order valence-corrected chi connectivity index (χ1v) is 7.47. The first-order chi connectivity index (χ1) is 9.15. The van der Waals surface area contributed by atoms with Gasteiger partial charge in [0.1, 0.15) is 0 Å². The molecular weight excluding hydrogens is 240 g/mol. The summed E-state index contributed by atoms with van der Waals surface area (Å²) >= 11 is 0. The van der Waals surface area contributed by atoms with Gasteiger partial charge in [-0.25, -0.2) is 0 Å². The Morgan fingerprint density at radius 2 is 2.05 bits per heavy atom. The summed E-state index contributed by atoms with van der Waals surface area (Å²) in [5, 5.41) is 3.30. The summed E-state index contributed by atoms with van der Waals surface area (Å²) in [6, 6.07) is 0.517. The Balaban J connectivity index is 1.75. The number of nitrogens with two attached hydrogens (primary N) is 1. The molecule has 0 aromatic heterocycles. The number of carbonyl (C=O) groups excluding carboxylic acids is 1. The second-order valence-electron chi connectivity index (χ2n) is 5.82. The minimum atomic E-state index is 0.172. The van der Waals surface area contributed by atoms with Crippen molar-refractivity contribution >= 4 is 11.9 Å². The zero-order valence-corrected chi connectivity index (χ0v) is 11.9. The molecule has 1 aliphatic carbocycles. The maximum atomic E-state index is 11.4. The van der Waals surface area contributed by atoms with Crippen molar-refractivity contribution in [3.63, 3.8) is 0 Å². The molecule has 1 heterocycles.